The van der Waals surface area contributed by atoms with Gasteiger partial charge in [-0.15, -0.1) is 0 Å². The summed E-state index contributed by atoms with van der Waals surface area (Å²) in [6.45, 7) is 10.6. The molecule has 0 fully saturated rings. The highest BCUT2D eigenvalue weighted by molar-refractivity contribution is 5.91. The van der Waals surface area contributed by atoms with Crippen molar-refractivity contribution in [1.29, 1.82) is 0 Å². The average Bonchev–Trinajstić information content (AvgIpc) is 2.75. The smallest absolute Gasteiger partial charge is 0.338 e. The van der Waals surface area contributed by atoms with Crippen molar-refractivity contribution >= 4 is 5.97 Å². The highest BCUT2D eigenvalue weighted by atomic mass is 16.5. The molecule has 0 aliphatic carbocycles. The lowest BCUT2D eigenvalue weighted by Crippen LogP contribution is -2.24. The van der Waals surface area contributed by atoms with Gasteiger partial charge in [0.05, 0.1) is 33.0 Å². The van der Waals surface area contributed by atoms with Gasteiger partial charge in [0.2, 0.25) is 5.75 Å². The minimum absolute atomic E-state index is 0.376. The summed E-state index contributed by atoms with van der Waals surface area (Å²) in [6.07, 6.45) is 6.31. The van der Waals surface area contributed by atoms with E-state index < -0.39 is 0 Å². The molecule has 29 heavy (non-hydrogen) atoms. The Balaban J connectivity index is 2.63. The van der Waals surface area contributed by atoms with Crippen LogP contribution in [-0.4, -0.2) is 57.9 Å². The first kappa shape index (κ1) is 25.1. The maximum Gasteiger partial charge on any atom is 0.338 e. The molecule has 0 spiro atoms. The van der Waals surface area contributed by atoms with E-state index in [1.54, 1.807) is 26.4 Å². The van der Waals surface area contributed by atoms with Crippen LogP contribution in [0.25, 0.3) is 0 Å². The number of carbonyl (C=O) groups excluding carboxylic acids is 1. The van der Waals surface area contributed by atoms with Crippen LogP contribution in [0.2, 0.25) is 0 Å². The van der Waals surface area contributed by atoms with Crippen molar-refractivity contribution in [2.75, 3.05) is 47.1 Å². The zero-order chi connectivity index (χ0) is 21.5. The second-order valence-corrected chi connectivity index (χ2v) is 6.99. The van der Waals surface area contributed by atoms with Crippen LogP contribution in [0.1, 0.15) is 69.7 Å². The van der Waals surface area contributed by atoms with Gasteiger partial charge >= 0.3 is 5.97 Å². The number of nitrogens with zero attached hydrogens (tertiary/aromatic N) is 1. The van der Waals surface area contributed by atoms with Gasteiger partial charge in [-0.25, -0.2) is 4.79 Å². The third-order valence-electron chi connectivity index (χ3n) is 4.94. The lowest BCUT2D eigenvalue weighted by Gasteiger charge is -2.17. The lowest BCUT2D eigenvalue weighted by molar-refractivity contribution is 0.0494. The van der Waals surface area contributed by atoms with Gasteiger partial charge in [-0.2, -0.15) is 0 Å². The molecule has 0 bridgehead atoms. The molecule has 1 aromatic carbocycles. The Labute approximate surface area is 176 Å². The second kappa shape index (κ2) is 15.0. The van der Waals surface area contributed by atoms with Crippen LogP contribution in [-0.2, 0) is 4.74 Å². The van der Waals surface area contributed by atoms with Crippen molar-refractivity contribution in [3.05, 3.63) is 17.7 Å². The Kier molecular flexibility index (Phi) is 12.9. The molecule has 0 amide bonds. The molecule has 0 unspecified atom stereocenters. The summed E-state index contributed by atoms with van der Waals surface area (Å²) < 4.78 is 22.2. The molecule has 0 N–H and O–H groups in total. The van der Waals surface area contributed by atoms with E-state index in [1.807, 2.05) is 0 Å². The minimum atomic E-state index is -0.376. The number of ether oxygens (including phenoxy) is 4. The average molecular weight is 410 g/mol. The van der Waals surface area contributed by atoms with Crippen LogP contribution in [0.15, 0.2) is 12.1 Å². The van der Waals surface area contributed by atoms with Gasteiger partial charge < -0.3 is 23.8 Å². The number of rotatable bonds is 16. The standard InChI is InChI=1S/C23H39NO5/c1-6-9-10-12-15-28-22-20(26-4)17-19(18-21(22)27-5)23(25)29-16-13-11-14-24(7-2)8-3/h17-18H,6-16H2,1-5H3. The molecule has 0 saturated carbocycles. The molecule has 0 aliphatic heterocycles. The number of methoxy groups -OCH3 is 2. The summed E-state index contributed by atoms with van der Waals surface area (Å²) in [5, 5.41) is 0. The number of unbranched alkanes of at least 4 members (excludes halogenated alkanes) is 4. The van der Waals surface area contributed by atoms with Crippen LogP contribution in [0.5, 0.6) is 17.2 Å². The maximum absolute atomic E-state index is 12.4. The SMILES string of the molecule is CCCCCCOc1c(OC)cc(C(=O)OCCCCN(CC)CC)cc1OC. The molecule has 0 aliphatic rings. The molecule has 0 radical (unpaired) electrons. The first-order valence-electron chi connectivity index (χ1n) is 10.9. The van der Waals surface area contributed by atoms with Gasteiger partial charge in [0.15, 0.2) is 11.5 Å². The molecular formula is C23H39NO5. The van der Waals surface area contributed by atoms with Crippen molar-refractivity contribution in [1.82, 2.24) is 4.90 Å². The van der Waals surface area contributed by atoms with Gasteiger partial charge in [-0.1, -0.05) is 40.0 Å². The fraction of sp³-hybridized carbons (Fsp3) is 0.696. The van der Waals surface area contributed by atoms with E-state index in [-0.39, 0.29) is 5.97 Å². The van der Waals surface area contributed by atoms with E-state index >= 15 is 0 Å². The zero-order valence-electron chi connectivity index (χ0n) is 18.9. The molecule has 6 heteroatoms. The highest BCUT2D eigenvalue weighted by Crippen LogP contribution is 2.39. The van der Waals surface area contributed by atoms with Crippen molar-refractivity contribution in [3.63, 3.8) is 0 Å². The van der Waals surface area contributed by atoms with E-state index in [1.165, 1.54) is 12.8 Å². The molecule has 0 aromatic heterocycles. The maximum atomic E-state index is 12.4. The number of benzene rings is 1. The third-order valence-corrected chi connectivity index (χ3v) is 4.94. The number of esters is 1. The Hall–Kier alpha value is -1.95. The molecule has 1 aromatic rings. The molecule has 0 heterocycles. The normalized spacial score (nSPS) is 10.8. The van der Waals surface area contributed by atoms with Crippen molar-refractivity contribution in [2.45, 2.75) is 59.3 Å². The Morgan fingerprint density at radius 3 is 2.03 bits per heavy atom. The van der Waals surface area contributed by atoms with Gasteiger partial charge in [0.25, 0.3) is 0 Å². The fourth-order valence-electron chi connectivity index (χ4n) is 3.07. The summed E-state index contributed by atoms with van der Waals surface area (Å²) >= 11 is 0. The second-order valence-electron chi connectivity index (χ2n) is 6.99. The fourth-order valence-corrected chi connectivity index (χ4v) is 3.07. The van der Waals surface area contributed by atoms with E-state index in [9.17, 15) is 4.79 Å². The van der Waals surface area contributed by atoms with Crippen molar-refractivity contribution in [2.24, 2.45) is 0 Å². The summed E-state index contributed by atoms with van der Waals surface area (Å²) in [6, 6.07) is 3.31. The molecule has 0 saturated heterocycles. The van der Waals surface area contributed by atoms with E-state index in [4.69, 9.17) is 18.9 Å². The van der Waals surface area contributed by atoms with Crippen molar-refractivity contribution in [3.8, 4) is 17.2 Å². The quantitative estimate of drug-likeness (QED) is 0.285. The molecular weight excluding hydrogens is 370 g/mol. The zero-order valence-corrected chi connectivity index (χ0v) is 18.9. The summed E-state index contributed by atoms with van der Waals surface area (Å²) in [7, 11) is 3.11. The van der Waals surface area contributed by atoms with E-state index in [0.29, 0.717) is 36.0 Å². The van der Waals surface area contributed by atoms with Crippen molar-refractivity contribution < 1.29 is 23.7 Å². The monoisotopic (exact) mass is 409 g/mol. The molecule has 6 nitrogen and oxygen atoms in total. The topological polar surface area (TPSA) is 57.2 Å². The molecule has 0 atom stereocenters. The Bertz CT molecular complexity index is 562. The largest absolute Gasteiger partial charge is 0.493 e. The minimum Gasteiger partial charge on any atom is -0.493 e. The van der Waals surface area contributed by atoms with E-state index in [0.717, 1.165) is 45.3 Å². The van der Waals surface area contributed by atoms with Gasteiger partial charge in [0.1, 0.15) is 0 Å². The number of carbonyl (C=O) groups is 1. The lowest BCUT2D eigenvalue weighted by atomic mass is 10.1. The first-order chi connectivity index (χ1) is 14.1. The van der Waals surface area contributed by atoms with E-state index in [2.05, 4.69) is 25.7 Å². The predicted octanol–water partition coefficient (Wildman–Crippen LogP) is 4.94. The number of hydrogen-bond acceptors (Lipinski definition) is 6. The van der Waals surface area contributed by atoms with Crippen LogP contribution in [0.3, 0.4) is 0 Å². The van der Waals surface area contributed by atoms with Gasteiger partial charge in [0, 0.05) is 0 Å². The molecule has 166 valence electrons. The highest BCUT2D eigenvalue weighted by Gasteiger charge is 2.18. The van der Waals surface area contributed by atoms with Crippen LogP contribution in [0.4, 0.5) is 0 Å². The third kappa shape index (κ3) is 8.94. The summed E-state index contributed by atoms with van der Waals surface area (Å²) in [5.74, 6) is 1.11. The van der Waals surface area contributed by atoms with Gasteiger partial charge in [-0.05, 0) is 51.0 Å². The predicted molar refractivity (Wildman–Crippen MR) is 116 cm³/mol. The Morgan fingerprint density at radius 1 is 0.862 bits per heavy atom. The summed E-state index contributed by atoms with van der Waals surface area (Å²) in [5.41, 5.74) is 0.403. The molecule has 1 rings (SSSR count). The summed E-state index contributed by atoms with van der Waals surface area (Å²) in [4.78, 5) is 14.8. The number of hydrogen-bond donors (Lipinski definition) is 0. The first-order valence-corrected chi connectivity index (χ1v) is 10.9. The van der Waals surface area contributed by atoms with Crippen LogP contribution in [0, 0.1) is 0 Å². The van der Waals surface area contributed by atoms with Crippen LogP contribution < -0.4 is 14.2 Å². The van der Waals surface area contributed by atoms with Gasteiger partial charge in [-0.3, -0.25) is 0 Å². The Morgan fingerprint density at radius 2 is 1.48 bits per heavy atom. The van der Waals surface area contributed by atoms with Crippen LogP contribution >= 0.6 is 0 Å².